The highest BCUT2D eigenvalue weighted by Crippen LogP contribution is 2.22. The van der Waals surface area contributed by atoms with Gasteiger partial charge in [-0.05, 0) is 49.8 Å². The zero-order valence-corrected chi connectivity index (χ0v) is 13.0. The van der Waals surface area contributed by atoms with Gasteiger partial charge < -0.3 is 10.0 Å². The van der Waals surface area contributed by atoms with Crippen LogP contribution < -0.4 is 0 Å². The number of hydrogen-bond acceptors (Lipinski definition) is 2. The fourth-order valence-electron chi connectivity index (χ4n) is 3.04. The second-order valence-electron chi connectivity index (χ2n) is 6.39. The molecule has 0 bridgehead atoms. The Kier molecular flexibility index (Phi) is 6.06. The average molecular weight is 275 g/mol. The van der Waals surface area contributed by atoms with Crippen LogP contribution in [0.3, 0.4) is 0 Å². The second-order valence-corrected chi connectivity index (χ2v) is 6.39. The van der Waals surface area contributed by atoms with Gasteiger partial charge in [0.2, 0.25) is 0 Å². The van der Waals surface area contributed by atoms with Crippen LogP contribution in [0.1, 0.15) is 38.7 Å². The Morgan fingerprint density at radius 2 is 1.85 bits per heavy atom. The number of piperidine rings is 1. The third kappa shape index (κ3) is 4.60. The lowest BCUT2D eigenvalue weighted by Crippen LogP contribution is -2.41. The first kappa shape index (κ1) is 15.5. The van der Waals surface area contributed by atoms with Gasteiger partial charge in [0, 0.05) is 6.54 Å². The minimum absolute atomic E-state index is 0.161. The summed E-state index contributed by atoms with van der Waals surface area (Å²) in [6, 6.07) is 10.8. The van der Waals surface area contributed by atoms with Crippen molar-refractivity contribution in [3.05, 3.63) is 35.9 Å². The van der Waals surface area contributed by atoms with Gasteiger partial charge in [-0.2, -0.15) is 0 Å². The molecule has 1 saturated heterocycles. The number of aliphatic hydroxyl groups is 1. The molecule has 1 heterocycles. The summed E-state index contributed by atoms with van der Waals surface area (Å²) < 4.78 is 0. The highest BCUT2D eigenvalue weighted by molar-refractivity contribution is 5.15. The lowest BCUT2D eigenvalue weighted by molar-refractivity contribution is 0.0540. The Balaban J connectivity index is 1.72. The minimum atomic E-state index is -0.161. The van der Waals surface area contributed by atoms with Gasteiger partial charge in [0.25, 0.3) is 0 Å². The molecule has 1 aliphatic heterocycles. The molecule has 1 aliphatic rings. The number of nitrogens with zero attached hydrogens (tertiary/aromatic N) is 1. The van der Waals surface area contributed by atoms with Crippen molar-refractivity contribution in [2.24, 2.45) is 11.8 Å². The largest absolute Gasteiger partial charge is 0.392 e. The molecule has 1 fully saturated rings. The number of β-amino-alcohol motifs (C(OH)–C–C–N with tert-alkyl or cyclic N) is 1. The lowest BCUT2D eigenvalue weighted by Gasteiger charge is -2.34. The van der Waals surface area contributed by atoms with Crippen LogP contribution in [0.25, 0.3) is 0 Å². The van der Waals surface area contributed by atoms with E-state index in [-0.39, 0.29) is 6.10 Å². The van der Waals surface area contributed by atoms with Crippen LogP contribution in [0.4, 0.5) is 0 Å². The molecule has 0 spiro atoms. The Labute approximate surface area is 123 Å². The molecule has 0 aromatic heterocycles. The van der Waals surface area contributed by atoms with Gasteiger partial charge in [0.15, 0.2) is 0 Å². The Morgan fingerprint density at radius 3 is 2.45 bits per heavy atom. The maximum atomic E-state index is 10.1. The summed E-state index contributed by atoms with van der Waals surface area (Å²) in [6.07, 6.45) is 4.64. The van der Waals surface area contributed by atoms with Crippen LogP contribution in [0.5, 0.6) is 0 Å². The fourth-order valence-corrected chi connectivity index (χ4v) is 3.04. The molecule has 20 heavy (non-hydrogen) atoms. The SMILES string of the molecule is CCC(C)C(O)CN1CCC(Cc2ccccc2)CC1. The van der Waals surface area contributed by atoms with Gasteiger partial charge in [-0.3, -0.25) is 0 Å². The summed E-state index contributed by atoms with van der Waals surface area (Å²) in [5.74, 6) is 1.23. The van der Waals surface area contributed by atoms with Crippen molar-refractivity contribution in [3.63, 3.8) is 0 Å². The van der Waals surface area contributed by atoms with Crippen molar-refractivity contribution in [3.8, 4) is 0 Å². The third-order valence-corrected chi connectivity index (χ3v) is 4.82. The highest BCUT2D eigenvalue weighted by Gasteiger charge is 2.22. The van der Waals surface area contributed by atoms with Gasteiger partial charge in [-0.25, -0.2) is 0 Å². The minimum Gasteiger partial charge on any atom is -0.392 e. The van der Waals surface area contributed by atoms with E-state index in [2.05, 4.69) is 49.1 Å². The standard InChI is InChI=1S/C18H29NO/c1-3-15(2)18(20)14-19-11-9-17(10-12-19)13-16-7-5-4-6-8-16/h4-8,15,17-18,20H,3,9-14H2,1-2H3. The molecule has 0 aliphatic carbocycles. The maximum Gasteiger partial charge on any atom is 0.0692 e. The van der Waals surface area contributed by atoms with Gasteiger partial charge in [0.1, 0.15) is 0 Å². The Bertz CT molecular complexity index is 370. The van der Waals surface area contributed by atoms with E-state index in [0.29, 0.717) is 5.92 Å². The Hall–Kier alpha value is -0.860. The van der Waals surface area contributed by atoms with Crippen molar-refractivity contribution < 1.29 is 5.11 Å². The second kappa shape index (κ2) is 7.80. The molecule has 2 rings (SSSR count). The summed E-state index contributed by atoms with van der Waals surface area (Å²) in [5, 5.41) is 10.1. The number of benzene rings is 1. The molecule has 1 N–H and O–H groups in total. The molecule has 2 unspecified atom stereocenters. The van der Waals surface area contributed by atoms with Crippen LogP contribution >= 0.6 is 0 Å². The zero-order chi connectivity index (χ0) is 14.4. The van der Waals surface area contributed by atoms with E-state index in [4.69, 9.17) is 0 Å². The molecule has 0 saturated carbocycles. The van der Waals surface area contributed by atoms with E-state index >= 15 is 0 Å². The Morgan fingerprint density at radius 1 is 1.20 bits per heavy atom. The lowest BCUT2D eigenvalue weighted by atomic mass is 9.89. The molecule has 0 amide bonds. The predicted molar refractivity (Wildman–Crippen MR) is 84.8 cm³/mol. The van der Waals surface area contributed by atoms with Gasteiger partial charge >= 0.3 is 0 Å². The van der Waals surface area contributed by atoms with E-state index in [9.17, 15) is 5.11 Å². The molecule has 2 heteroatoms. The fraction of sp³-hybridized carbons (Fsp3) is 0.667. The molecule has 0 radical (unpaired) electrons. The van der Waals surface area contributed by atoms with Crippen LogP contribution in [-0.2, 0) is 6.42 Å². The van der Waals surface area contributed by atoms with E-state index in [0.717, 1.165) is 32.0 Å². The molecule has 2 atom stereocenters. The van der Waals surface area contributed by atoms with E-state index in [1.165, 1.54) is 24.8 Å². The van der Waals surface area contributed by atoms with Gasteiger partial charge in [0.05, 0.1) is 6.10 Å². The molecule has 112 valence electrons. The summed E-state index contributed by atoms with van der Waals surface area (Å²) in [4.78, 5) is 2.44. The average Bonchev–Trinajstić information content (AvgIpc) is 2.49. The smallest absolute Gasteiger partial charge is 0.0692 e. The number of aliphatic hydroxyl groups excluding tert-OH is 1. The van der Waals surface area contributed by atoms with Gasteiger partial charge in [-0.15, -0.1) is 0 Å². The summed E-state index contributed by atoms with van der Waals surface area (Å²) in [5.41, 5.74) is 1.46. The molecule has 1 aromatic carbocycles. The maximum absolute atomic E-state index is 10.1. The molecular weight excluding hydrogens is 246 g/mol. The van der Waals surface area contributed by atoms with Crippen molar-refractivity contribution >= 4 is 0 Å². The first-order valence-corrected chi connectivity index (χ1v) is 8.13. The van der Waals surface area contributed by atoms with Crippen molar-refractivity contribution in [2.75, 3.05) is 19.6 Å². The highest BCUT2D eigenvalue weighted by atomic mass is 16.3. The summed E-state index contributed by atoms with van der Waals surface area (Å²) >= 11 is 0. The van der Waals surface area contributed by atoms with Crippen molar-refractivity contribution in [2.45, 2.75) is 45.6 Å². The van der Waals surface area contributed by atoms with Crippen LogP contribution in [0, 0.1) is 11.8 Å². The van der Waals surface area contributed by atoms with Crippen molar-refractivity contribution in [1.82, 2.24) is 4.90 Å². The predicted octanol–water partition coefficient (Wildman–Crippen LogP) is 3.35. The monoisotopic (exact) mass is 275 g/mol. The molecule has 2 nitrogen and oxygen atoms in total. The normalized spacial score (nSPS) is 20.8. The third-order valence-electron chi connectivity index (χ3n) is 4.82. The molecule has 1 aromatic rings. The quantitative estimate of drug-likeness (QED) is 0.860. The molecular formula is C18H29NO. The van der Waals surface area contributed by atoms with Crippen LogP contribution in [0.15, 0.2) is 30.3 Å². The van der Waals surface area contributed by atoms with E-state index < -0.39 is 0 Å². The zero-order valence-electron chi connectivity index (χ0n) is 13.0. The van der Waals surface area contributed by atoms with E-state index in [1.54, 1.807) is 0 Å². The van der Waals surface area contributed by atoms with Crippen LogP contribution in [-0.4, -0.2) is 35.7 Å². The first-order chi connectivity index (χ1) is 9.69. The van der Waals surface area contributed by atoms with Gasteiger partial charge in [-0.1, -0.05) is 50.6 Å². The van der Waals surface area contributed by atoms with E-state index in [1.807, 2.05) is 0 Å². The number of hydrogen-bond donors (Lipinski definition) is 1. The number of likely N-dealkylation sites (tertiary alicyclic amines) is 1. The van der Waals surface area contributed by atoms with Crippen molar-refractivity contribution in [1.29, 1.82) is 0 Å². The topological polar surface area (TPSA) is 23.5 Å². The first-order valence-electron chi connectivity index (χ1n) is 8.13. The summed E-state index contributed by atoms with van der Waals surface area (Å²) in [7, 11) is 0. The summed E-state index contributed by atoms with van der Waals surface area (Å²) in [6.45, 7) is 7.44. The van der Waals surface area contributed by atoms with Crippen LogP contribution in [0.2, 0.25) is 0 Å². The number of rotatable bonds is 6.